The minimum absolute atomic E-state index is 0.0901. The van der Waals surface area contributed by atoms with E-state index in [9.17, 15) is 14.4 Å². The Labute approximate surface area is 149 Å². The zero-order chi connectivity index (χ0) is 19.0. The van der Waals surface area contributed by atoms with Crippen molar-refractivity contribution < 1.29 is 23.9 Å². The molecule has 1 rings (SSSR count). The highest BCUT2D eigenvalue weighted by Crippen LogP contribution is 2.25. The van der Waals surface area contributed by atoms with Gasteiger partial charge in [0.05, 0.1) is 12.6 Å². The van der Waals surface area contributed by atoms with Gasteiger partial charge in [0, 0.05) is 26.8 Å². The lowest BCUT2D eigenvalue weighted by molar-refractivity contribution is -0.154. The normalized spacial score (nSPS) is 14.1. The van der Waals surface area contributed by atoms with Gasteiger partial charge in [0.2, 0.25) is 5.91 Å². The maximum atomic E-state index is 12.6. The molecule has 1 aromatic rings. The van der Waals surface area contributed by atoms with Crippen molar-refractivity contribution in [3.8, 4) is 0 Å². The second-order valence-corrected chi connectivity index (χ2v) is 6.16. The van der Waals surface area contributed by atoms with E-state index in [1.165, 1.54) is 13.8 Å². The van der Waals surface area contributed by atoms with Gasteiger partial charge in [-0.3, -0.25) is 14.4 Å². The molecule has 0 bridgehead atoms. The Morgan fingerprint density at radius 3 is 2.16 bits per heavy atom. The number of hydrogen-bond donors (Lipinski definition) is 0. The molecule has 1 amide bonds. The molecular weight excluding hydrogens is 322 g/mol. The molecule has 0 aliphatic carbocycles. The molecular formula is C19H27NO5. The van der Waals surface area contributed by atoms with Crippen LogP contribution in [0.1, 0.15) is 45.8 Å². The molecule has 0 N–H and O–H groups in total. The smallest absolute Gasteiger partial charge is 0.303 e. The fourth-order valence-electron chi connectivity index (χ4n) is 2.52. The number of esters is 2. The molecule has 0 aliphatic rings. The van der Waals surface area contributed by atoms with E-state index >= 15 is 0 Å². The van der Waals surface area contributed by atoms with Crippen LogP contribution in [0.5, 0.6) is 0 Å². The van der Waals surface area contributed by atoms with E-state index in [1.807, 2.05) is 37.3 Å². The van der Waals surface area contributed by atoms with Gasteiger partial charge < -0.3 is 14.4 Å². The van der Waals surface area contributed by atoms with E-state index in [4.69, 9.17) is 9.47 Å². The molecule has 0 saturated carbocycles. The summed E-state index contributed by atoms with van der Waals surface area (Å²) in [6.07, 6.45) is -0.104. The maximum Gasteiger partial charge on any atom is 0.303 e. The number of likely N-dealkylation sites (N-methyl/N-ethyl adjacent to an activating group) is 1. The summed E-state index contributed by atoms with van der Waals surface area (Å²) in [6, 6.07) is 9.00. The number of rotatable bonds is 8. The Morgan fingerprint density at radius 1 is 1.04 bits per heavy atom. The number of carbonyl (C=O) groups excluding carboxylic acids is 3. The minimum atomic E-state index is -0.548. The first kappa shape index (κ1) is 20.7. The Kier molecular flexibility index (Phi) is 8.11. The summed E-state index contributed by atoms with van der Waals surface area (Å²) < 4.78 is 10.4. The van der Waals surface area contributed by atoms with Crippen molar-refractivity contribution in [2.24, 2.45) is 5.92 Å². The van der Waals surface area contributed by atoms with Crippen LogP contribution >= 0.6 is 0 Å². The van der Waals surface area contributed by atoms with E-state index in [0.29, 0.717) is 6.42 Å². The molecule has 1 aromatic carbocycles. The van der Waals surface area contributed by atoms with E-state index < -0.39 is 12.1 Å². The molecule has 0 radical (unpaired) electrons. The summed E-state index contributed by atoms with van der Waals surface area (Å²) in [6.45, 7) is 6.53. The molecule has 138 valence electrons. The summed E-state index contributed by atoms with van der Waals surface area (Å²) in [5.74, 6) is -1.15. The Balaban J connectivity index is 2.81. The number of nitrogens with zero attached hydrogens (tertiary/aromatic N) is 1. The molecule has 6 nitrogen and oxygen atoms in total. The number of amides is 1. The van der Waals surface area contributed by atoms with Gasteiger partial charge in [0.25, 0.3) is 0 Å². The monoisotopic (exact) mass is 349 g/mol. The SMILES string of the molecule is CC(=O)OCC[C@@H](C)C(=O)N(C)[C@@H](C)[C@@H](OC(C)=O)c1ccccc1. The molecule has 25 heavy (non-hydrogen) atoms. The molecule has 0 fully saturated rings. The quantitative estimate of drug-likeness (QED) is 0.675. The molecule has 3 atom stereocenters. The second kappa shape index (κ2) is 9.81. The van der Waals surface area contributed by atoms with Gasteiger partial charge in [-0.1, -0.05) is 37.3 Å². The summed E-state index contributed by atoms with van der Waals surface area (Å²) in [7, 11) is 1.69. The molecule has 0 saturated heterocycles. The lowest BCUT2D eigenvalue weighted by Crippen LogP contribution is -2.43. The van der Waals surface area contributed by atoms with E-state index in [0.717, 1.165) is 5.56 Å². The minimum Gasteiger partial charge on any atom is -0.466 e. The van der Waals surface area contributed by atoms with Crippen LogP contribution in [0.3, 0.4) is 0 Å². The van der Waals surface area contributed by atoms with Crippen LogP contribution in [-0.4, -0.2) is 42.4 Å². The van der Waals surface area contributed by atoms with Crippen LogP contribution in [0, 0.1) is 5.92 Å². The third-order valence-corrected chi connectivity index (χ3v) is 4.10. The van der Waals surface area contributed by atoms with Gasteiger partial charge in [-0.15, -0.1) is 0 Å². The Hall–Kier alpha value is -2.37. The maximum absolute atomic E-state index is 12.6. The first-order chi connectivity index (χ1) is 11.7. The van der Waals surface area contributed by atoms with Crippen molar-refractivity contribution in [2.75, 3.05) is 13.7 Å². The fraction of sp³-hybridized carbons (Fsp3) is 0.526. The average Bonchev–Trinajstić information content (AvgIpc) is 2.57. The zero-order valence-corrected chi connectivity index (χ0v) is 15.5. The number of benzene rings is 1. The van der Waals surface area contributed by atoms with Crippen LogP contribution in [0.25, 0.3) is 0 Å². The first-order valence-electron chi connectivity index (χ1n) is 8.36. The van der Waals surface area contributed by atoms with Gasteiger partial charge in [0.1, 0.15) is 6.10 Å². The van der Waals surface area contributed by atoms with Crippen LogP contribution < -0.4 is 0 Å². The van der Waals surface area contributed by atoms with Crippen molar-refractivity contribution in [1.82, 2.24) is 4.90 Å². The zero-order valence-electron chi connectivity index (χ0n) is 15.5. The van der Waals surface area contributed by atoms with Crippen LogP contribution in [0.2, 0.25) is 0 Å². The fourth-order valence-corrected chi connectivity index (χ4v) is 2.52. The van der Waals surface area contributed by atoms with Crippen molar-refractivity contribution in [1.29, 1.82) is 0 Å². The Morgan fingerprint density at radius 2 is 1.64 bits per heavy atom. The van der Waals surface area contributed by atoms with Crippen molar-refractivity contribution in [2.45, 2.75) is 46.3 Å². The summed E-state index contributed by atoms with van der Waals surface area (Å²) in [5, 5.41) is 0. The van der Waals surface area contributed by atoms with Gasteiger partial charge in [0.15, 0.2) is 0 Å². The highest BCUT2D eigenvalue weighted by Gasteiger charge is 2.30. The predicted molar refractivity (Wildman–Crippen MR) is 93.6 cm³/mol. The predicted octanol–water partition coefficient (Wildman–Crippen LogP) is 2.73. The van der Waals surface area contributed by atoms with E-state index in [1.54, 1.807) is 18.9 Å². The first-order valence-corrected chi connectivity index (χ1v) is 8.36. The average molecular weight is 349 g/mol. The standard InChI is InChI=1S/C19H27NO5/c1-13(11-12-24-15(3)21)19(23)20(5)14(2)18(25-16(4)22)17-9-7-6-8-10-17/h6-10,13-14,18H,11-12H2,1-5H3/t13-,14+,18-/m1/s1. The van der Waals surface area contributed by atoms with Gasteiger partial charge in [-0.2, -0.15) is 0 Å². The van der Waals surface area contributed by atoms with Crippen LogP contribution in [-0.2, 0) is 23.9 Å². The van der Waals surface area contributed by atoms with Crippen molar-refractivity contribution >= 4 is 17.8 Å². The lowest BCUT2D eigenvalue weighted by Gasteiger charge is -2.33. The van der Waals surface area contributed by atoms with E-state index in [-0.39, 0.29) is 30.4 Å². The van der Waals surface area contributed by atoms with Crippen LogP contribution in [0.4, 0.5) is 0 Å². The molecule has 0 spiro atoms. The summed E-state index contributed by atoms with van der Waals surface area (Å²) >= 11 is 0. The van der Waals surface area contributed by atoms with Crippen LogP contribution in [0.15, 0.2) is 30.3 Å². The third kappa shape index (κ3) is 6.57. The lowest BCUT2D eigenvalue weighted by atomic mass is 10.00. The van der Waals surface area contributed by atoms with Gasteiger partial charge in [-0.25, -0.2) is 0 Å². The highest BCUT2D eigenvalue weighted by molar-refractivity contribution is 5.78. The topological polar surface area (TPSA) is 72.9 Å². The summed E-state index contributed by atoms with van der Waals surface area (Å²) in [4.78, 5) is 36.5. The highest BCUT2D eigenvalue weighted by atomic mass is 16.5. The largest absolute Gasteiger partial charge is 0.466 e. The van der Waals surface area contributed by atoms with Crippen molar-refractivity contribution in [3.05, 3.63) is 35.9 Å². The number of carbonyl (C=O) groups is 3. The number of ether oxygens (including phenoxy) is 2. The second-order valence-electron chi connectivity index (χ2n) is 6.16. The van der Waals surface area contributed by atoms with Gasteiger partial charge >= 0.3 is 11.9 Å². The Bertz CT molecular complexity index is 587. The van der Waals surface area contributed by atoms with E-state index in [2.05, 4.69) is 0 Å². The number of hydrogen-bond acceptors (Lipinski definition) is 5. The van der Waals surface area contributed by atoms with Crippen molar-refractivity contribution in [3.63, 3.8) is 0 Å². The molecule has 0 unspecified atom stereocenters. The molecule has 0 aromatic heterocycles. The summed E-state index contributed by atoms with van der Waals surface area (Å²) in [5.41, 5.74) is 0.831. The third-order valence-electron chi connectivity index (χ3n) is 4.10. The molecule has 0 heterocycles. The molecule has 0 aliphatic heterocycles. The molecule has 6 heteroatoms. The van der Waals surface area contributed by atoms with Gasteiger partial charge in [-0.05, 0) is 18.9 Å².